The van der Waals surface area contributed by atoms with Gasteiger partial charge in [-0.2, -0.15) is 0 Å². The summed E-state index contributed by atoms with van der Waals surface area (Å²) >= 11 is 16.2. The fourth-order valence-electron chi connectivity index (χ4n) is 0.373. The fourth-order valence-corrected chi connectivity index (χ4v) is 0.948. The normalized spacial score (nSPS) is 15.5. The second-order valence-corrected chi connectivity index (χ2v) is 3.12. The molecule has 0 radical (unpaired) electrons. The second kappa shape index (κ2) is 4.80. The highest BCUT2D eigenvalue weighted by molar-refractivity contribution is 6.34. The van der Waals surface area contributed by atoms with Crippen LogP contribution in [0.2, 0.25) is 0 Å². The first-order valence-corrected chi connectivity index (χ1v) is 4.06. The molecule has 6 heteroatoms. The Balaban J connectivity index is 4.24. The summed E-state index contributed by atoms with van der Waals surface area (Å²) in [7, 11) is 0. The maximum absolute atomic E-state index is 8.80. The zero-order valence-corrected chi connectivity index (χ0v) is 7.61. The molecule has 0 saturated carbocycles. The van der Waals surface area contributed by atoms with Crippen LogP contribution in [-0.4, -0.2) is 32.0 Å². The highest BCUT2D eigenvalue weighted by Gasteiger charge is 2.23. The van der Waals surface area contributed by atoms with E-state index >= 15 is 0 Å². The van der Waals surface area contributed by atoms with Crippen LogP contribution in [0.1, 0.15) is 0 Å². The Labute approximate surface area is 78.8 Å². The quantitative estimate of drug-likeness (QED) is 0.506. The van der Waals surface area contributed by atoms with Crippen molar-refractivity contribution in [2.75, 3.05) is 5.88 Å². The second-order valence-electron chi connectivity index (χ2n) is 1.78. The van der Waals surface area contributed by atoms with Gasteiger partial charge in [0.2, 0.25) is 0 Å². The minimum absolute atomic E-state index is 0.00701. The number of hydrogen-bond acceptors (Lipinski definition) is 3. The van der Waals surface area contributed by atoms with Crippen molar-refractivity contribution >= 4 is 34.8 Å². The van der Waals surface area contributed by atoms with Gasteiger partial charge in [-0.15, -0.1) is 34.8 Å². The summed E-state index contributed by atoms with van der Waals surface area (Å²) in [5, 5.41) is 23.6. The summed E-state index contributed by atoms with van der Waals surface area (Å²) < 4.78 is 0. The standard InChI is InChI=1S/C5H7Cl3O3/c6-1-2(7)3(8)4(9)5(10)11/h2-3,9-11H,1H2. The van der Waals surface area contributed by atoms with Gasteiger partial charge in [-0.05, 0) is 0 Å². The van der Waals surface area contributed by atoms with Crippen molar-refractivity contribution < 1.29 is 15.3 Å². The van der Waals surface area contributed by atoms with Crippen molar-refractivity contribution in [1.82, 2.24) is 0 Å². The van der Waals surface area contributed by atoms with Crippen molar-refractivity contribution in [2.24, 2.45) is 0 Å². The first-order valence-electron chi connectivity index (χ1n) is 2.65. The van der Waals surface area contributed by atoms with Crippen molar-refractivity contribution in [1.29, 1.82) is 0 Å². The van der Waals surface area contributed by atoms with Crippen LogP contribution in [-0.2, 0) is 0 Å². The summed E-state index contributed by atoms with van der Waals surface area (Å²) in [5.41, 5.74) is 0. The van der Waals surface area contributed by atoms with Crippen LogP contribution in [0.4, 0.5) is 0 Å². The topological polar surface area (TPSA) is 60.7 Å². The van der Waals surface area contributed by atoms with Crippen LogP contribution < -0.4 is 0 Å². The maximum Gasteiger partial charge on any atom is 0.315 e. The molecule has 0 saturated heterocycles. The Bertz CT molecular complexity index is 155. The molecular formula is C5H7Cl3O3. The molecule has 11 heavy (non-hydrogen) atoms. The molecule has 2 unspecified atom stereocenters. The number of allylic oxidation sites excluding steroid dienone is 1. The molecule has 0 amide bonds. The first-order chi connectivity index (χ1) is 5.00. The molecule has 0 aromatic carbocycles. The van der Waals surface area contributed by atoms with Crippen LogP contribution >= 0.6 is 34.8 Å². The predicted molar refractivity (Wildman–Crippen MR) is 44.9 cm³/mol. The van der Waals surface area contributed by atoms with E-state index in [0.717, 1.165) is 0 Å². The Morgan fingerprint density at radius 1 is 1.18 bits per heavy atom. The molecule has 0 heterocycles. The molecule has 0 aliphatic rings. The number of halogens is 3. The lowest BCUT2D eigenvalue weighted by Crippen LogP contribution is -2.20. The molecule has 66 valence electrons. The zero-order valence-electron chi connectivity index (χ0n) is 5.34. The van der Waals surface area contributed by atoms with Gasteiger partial charge < -0.3 is 15.3 Å². The summed E-state index contributed by atoms with van der Waals surface area (Å²) in [4.78, 5) is 0. The zero-order chi connectivity index (χ0) is 9.02. The van der Waals surface area contributed by atoms with Crippen LogP contribution in [0.15, 0.2) is 11.7 Å². The lowest BCUT2D eigenvalue weighted by Gasteiger charge is -2.11. The molecule has 0 aromatic heterocycles. The van der Waals surface area contributed by atoms with Gasteiger partial charge in [-0.3, -0.25) is 0 Å². The third kappa shape index (κ3) is 3.27. The Hall–Kier alpha value is 0.01000. The third-order valence-electron chi connectivity index (χ3n) is 0.955. The van der Waals surface area contributed by atoms with E-state index in [9.17, 15) is 0 Å². The molecule has 0 rings (SSSR count). The van der Waals surface area contributed by atoms with Gasteiger partial charge in [0, 0.05) is 5.88 Å². The van der Waals surface area contributed by atoms with E-state index in [4.69, 9.17) is 50.1 Å². The Kier molecular flexibility index (Phi) is 4.81. The molecule has 0 aromatic rings. The van der Waals surface area contributed by atoms with E-state index in [1.54, 1.807) is 0 Å². The van der Waals surface area contributed by atoms with Crippen LogP contribution in [0, 0.1) is 0 Å². The maximum atomic E-state index is 8.80. The summed E-state index contributed by atoms with van der Waals surface area (Å²) in [6.07, 6.45) is 0. The highest BCUT2D eigenvalue weighted by Crippen LogP contribution is 2.19. The van der Waals surface area contributed by atoms with Crippen LogP contribution in [0.3, 0.4) is 0 Å². The van der Waals surface area contributed by atoms with E-state index in [0.29, 0.717) is 0 Å². The Morgan fingerprint density at radius 2 is 1.64 bits per heavy atom. The number of rotatable bonds is 3. The van der Waals surface area contributed by atoms with Gasteiger partial charge in [-0.25, -0.2) is 0 Å². The van der Waals surface area contributed by atoms with E-state index in [2.05, 4.69) is 0 Å². The predicted octanol–water partition coefficient (Wildman–Crippen LogP) is 2.28. The number of hydrogen-bond donors (Lipinski definition) is 3. The van der Waals surface area contributed by atoms with Crippen LogP contribution in [0.25, 0.3) is 0 Å². The molecule has 3 nitrogen and oxygen atoms in total. The smallest absolute Gasteiger partial charge is 0.315 e. The average molecular weight is 221 g/mol. The van der Waals surface area contributed by atoms with Crippen LogP contribution in [0.5, 0.6) is 0 Å². The molecule has 0 fully saturated rings. The van der Waals surface area contributed by atoms with Gasteiger partial charge in [0.05, 0.1) is 5.38 Å². The summed E-state index contributed by atoms with van der Waals surface area (Å²) in [6.45, 7) is 0. The molecule has 2 atom stereocenters. The Morgan fingerprint density at radius 3 is 1.91 bits per heavy atom. The number of aliphatic hydroxyl groups is 3. The molecule has 3 N–H and O–H groups in total. The van der Waals surface area contributed by atoms with Gasteiger partial charge in [0.1, 0.15) is 5.38 Å². The molecule has 0 spiro atoms. The largest absolute Gasteiger partial charge is 0.505 e. The van der Waals surface area contributed by atoms with Gasteiger partial charge in [0.25, 0.3) is 0 Å². The minimum atomic E-state index is -1.24. The fraction of sp³-hybridized carbons (Fsp3) is 0.600. The number of aliphatic hydroxyl groups excluding tert-OH is 2. The van der Waals surface area contributed by atoms with E-state index < -0.39 is 22.5 Å². The number of alkyl halides is 3. The molecule has 0 aliphatic heterocycles. The summed E-state index contributed by atoms with van der Waals surface area (Å²) in [6, 6.07) is 0. The monoisotopic (exact) mass is 220 g/mol. The molecular weight excluding hydrogens is 214 g/mol. The van der Waals surface area contributed by atoms with Crippen molar-refractivity contribution in [3.05, 3.63) is 11.7 Å². The lowest BCUT2D eigenvalue weighted by molar-refractivity contribution is 0.155. The van der Waals surface area contributed by atoms with Gasteiger partial charge >= 0.3 is 5.95 Å². The van der Waals surface area contributed by atoms with E-state index in [1.807, 2.05) is 0 Å². The SMILES string of the molecule is OC(O)=C(O)C(Cl)C(Cl)CCl. The highest BCUT2D eigenvalue weighted by atomic mass is 35.5. The molecule has 0 bridgehead atoms. The van der Waals surface area contributed by atoms with Gasteiger partial charge in [-0.1, -0.05) is 0 Å². The van der Waals surface area contributed by atoms with E-state index in [1.165, 1.54) is 0 Å². The first kappa shape index (κ1) is 11.0. The van der Waals surface area contributed by atoms with Crippen molar-refractivity contribution in [3.8, 4) is 0 Å². The van der Waals surface area contributed by atoms with Gasteiger partial charge in [0.15, 0.2) is 5.76 Å². The third-order valence-corrected chi connectivity index (χ3v) is 2.49. The van der Waals surface area contributed by atoms with E-state index in [-0.39, 0.29) is 5.88 Å². The minimum Gasteiger partial charge on any atom is -0.505 e. The summed E-state index contributed by atoms with van der Waals surface area (Å²) in [5.74, 6) is -2.00. The van der Waals surface area contributed by atoms with Crippen molar-refractivity contribution in [2.45, 2.75) is 10.8 Å². The molecule has 0 aliphatic carbocycles. The average Bonchev–Trinajstić information content (AvgIpc) is 2.00. The lowest BCUT2D eigenvalue weighted by atomic mass is 10.3. The van der Waals surface area contributed by atoms with Crippen molar-refractivity contribution in [3.63, 3.8) is 0 Å².